The molecular formula is C4HBrN2O4Se. The van der Waals surface area contributed by atoms with Crippen molar-refractivity contribution in [3.05, 3.63) is 29.6 Å². The van der Waals surface area contributed by atoms with Gasteiger partial charge in [0.1, 0.15) is 0 Å². The van der Waals surface area contributed by atoms with Crippen molar-refractivity contribution in [1.29, 1.82) is 0 Å². The fourth-order valence-electron chi connectivity index (χ4n) is 0.562. The Bertz CT molecular complexity index is 349. The molecule has 0 saturated carbocycles. The third-order valence-corrected chi connectivity index (χ3v) is 4.09. The number of rotatable bonds is 2. The normalized spacial score (nSPS) is 9.75. The fourth-order valence-corrected chi connectivity index (χ4v) is 3.08. The predicted molar refractivity (Wildman–Crippen MR) is 44.4 cm³/mol. The molecule has 0 bridgehead atoms. The van der Waals surface area contributed by atoms with Crippen LogP contribution in [0.5, 0.6) is 0 Å². The van der Waals surface area contributed by atoms with E-state index in [1.54, 1.807) is 0 Å². The Labute approximate surface area is 80.4 Å². The second kappa shape index (κ2) is 3.34. The topological polar surface area (TPSA) is 86.3 Å². The van der Waals surface area contributed by atoms with Gasteiger partial charge >= 0.3 is 80.2 Å². The maximum absolute atomic E-state index is 10.2. The summed E-state index contributed by atoms with van der Waals surface area (Å²) in [6.45, 7) is 0. The molecule has 0 N–H and O–H groups in total. The molecule has 64 valence electrons. The molecule has 12 heavy (non-hydrogen) atoms. The molecule has 0 atom stereocenters. The van der Waals surface area contributed by atoms with E-state index >= 15 is 0 Å². The summed E-state index contributed by atoms with van der Waals surface area (Å²) in [4.78, 5) is 19.2. The first-order valence-corrected chi connectivity index (χ1v) is 5.11. The Balaban J connectivity index is 3.17. The molecule has 0 aromatic carbocycles. The molecule has 1 heterocycles. The third-order valence-electron chi connectivity index (χ3n) is 1.03. The number of hydrogen-bond acceptors (Lipinski definition) is 4. The van der Waals surface area contributed by atoms with Gasteiger partial charge in [-0.25, -0.2) is 0 Å². The van der Waals surface area contributed by atoms with E-state index in [0.29, 0.717) is 3.35 Å². The first kappa shape index (κ1) is 9.37. The summed E-state index contributed by atoms with van der Waals surface area (Å²) in [5, 5.41) is 20.4. The van der Waals surface area contributed by atoms with Crippen LogP contribution in [0.1, 0.15) is 0 Å². The van der Waals surface area contributed by atoms with Crippen molar-refractivity contribution in [2.24, 2.45) is 0 Å². The van der Waals surface area contributed by atoms with Crippen molar-refractivity contribution < 1.29 is 9.85 Å². The van der Waals surface area contributed by atoms with Gasteiger partial charge in [-0.3, -0.25) is 0 Å². The van der Waals surface area contributed by atoms with E-state index in [2.05, 4.69) is 15.9 Å². The molecule has 0 unspecified atom stereocenters. The van der Waals surface area contributed by atoms with Crippen molar-refractivity contribution in [3.8, 4) is 0 Å². The zero-order valence-electron chi connectivity index (χ0n) is 5.39. The Hall–Kier alpha value is -0.721. The van der Waals surface area contributed by atoms with E-state index in [9.17, 15) is 20.2 Å². The van der Waals surface area contributed by atoms with E-state index in [1.807, 2.05) is 0 Å². The van der Waals surface area contributed by atoms with Gasteiger partial charge in [0.05, 0.1) is 0 Å². The maximum atomic E-state index is 10.2. The molecule has 0 radical (unpaired) electrons. The summed E-state index contributed by atoms with van der Waals surface area (Å²) in [5.74, 6) is 0. The van der Waals surface area contributed by atoms with E-state index in [1.165, 1.54) is 0 Å². The summed E-state index contributed by atoms with van der Waals surface area (Å²) in [6, 6.07) is 0.990. The molecule has 0 fully saturated rings. The molecule has 0 aliphatic carbocycles. The standard InChI is InChI=1S/C4HBrN2O4Se/c5-4-2(6(8)9)1-3(12-4)7(10)11/h1H. The van der Waals surface area contributed by atoms with Gasteiger partial charge in [0.25, 0.3) is 0 Å². The van der Waals surface area contributed by atoms with Gasteiger partial charge in [-0.2, -0.15) is 0 Å². The second-order valence-electron chi connectivity index (χ2n) is 1.76. The van der Waals surface area contributed by atoms with Gasteiger partial charge < -0.3 is 0 Å². The average molecular weight is 300 g/mol. The van der Waals surface area contributed by atoms with Gasteiger partial charge in [0.15, 0.2) is 0 Å². The van der Waals surface area contributed by atoms with E-state index in [-0.39, 0.29) is 10.2 Å². The van der Waals surface area contributed by atoms with Crippen molar-refractivity contribution in [2.75, 3.05) is 0 Å². The number of halogens is 1. The fraction of sp³-hybridized carbons (Fsp3) is 0. The quantitative estimate of drug-likeness (QED) is 0.468. The summed E-state index contributed by atoms with van der Waals surface area (Å²) in [6.07, 6.45) is 0. The van der Waals surface area contributed by atoms with Crippen LogP contribution in [0.25, 0.3) is 0 Å². The molecule has 0 aliphatic rings. The van der Waals surface area contributed by atoms with Crippen LogP contribution in [0.2, 0.25) is 0 Å². The zero-order valence-corrected chi connectivity index (χ0v) is 8.69. The summed E-state index contributed by atoms with van der Waals surface area (Å²) >= 11 is 2.36. The monoisotopic (exact) mass is 300 g/mol. The molecule has 8 heteroatoms. The van der Waals surface area contributed by atoms with Crippen molar-refractivity contribution >= 4 is 40.7 Å². The Morgan fingerprint density at radius 3 is 2.17 bits per heavy atom. The zero-order chi connectivity index (χ0) is 9.30. The predicted octanol–water partition coefficient (Wildman–Crippen LogP) is 1.32. The molecule has 0 saturated heterocycles. The molecular weight excluding hydrogens is 299 g/mol. The molecule has 1 rings (SSSR count). The van der Waals surface area contributed by atoms with Gasteiger partial charge in [0, 0.05) is 0 Å². The molecule has 1 aromatic heterocycles. The van der Waals surface area contributed by atoms with Crippen molar-refractivity contribution in [1.82, 2.24) is 0 Å². The van der Waals surface area contributed by atoms with Crippen LogP contribution in [0, 0.1) is 20.2 Å². The number of nitro groups is 2. The first-order chi connectivity index (χ1) is 5.52. The van der Waals surface area contributed by atoms with Crippen LogP contribution >= 0.6 is 15.9 Å². The average Bonchev–Trinajstić information content (AvgIpc) is 2.30. The molecule has 1 aromatic rings. The van der Waals surface area contributed by atoms with Crippen LogP contribution in [0.3, 0.4) is 0 Å². The summed E-state index contributed by atoms with van der Waals surface area (Å²) in [5.41, 5.74) is -0.207. The Morgan fingerprint density at radius 2 is 1.92 bits per heavy atom. The van der Waals surface area contributed by atoms with E-state index in [0.717, 1.165) is 6.07 Å². The Kier molecular flexibility index (Phi) is 2.61. The minimum atomic E-state index is -0.637. The second-order valence-corrected chi connectivity index (χ2v) is 5.89. The van der Waals surface area contributed by atoms with Crippen LogP contribution in [0.4, 0.5) is 10.2 Å². The van der Waals surface area contributed by atoms with Gasteiger partial charge in [0.2, 0.25) is 0 Å². The first-order valence-electron chi connectivity index (χ1n) is 2.60. The summed E-state index contributed by atoms with van der Waals surface area (Å²) in [7, 11) is 0. The molecule has 0 spiro atoms. The number of hydrogen-bond donors (Lipinski definition) is 0. The van der Waals surface area contributed by atoms with Crippen molar-refractivity contribution in [2.45, 2.75) is 0 Å². The Morgan fingerprint density at radius 1 is 1.33 bits per heavy atom. The van der Waals surface area contributed by atoms with Gasteiger partial charge in [-0.1, -0.05) is 0 Å². The van der Waals surface area contributed by atoms with E-state index in [4.69, 9.17) is 0 Å². The van der Waals surface area contributed by atoms with Crippen LogP contribution in [-0.4, -0.2) is 24.4 Å². The van der Waals surface area contributed by atoms with Gasteiger partial charge in [-0.15, -0.1) is 0 Å². The van der Waals surface area contributed by atoms with Crippen LogP contribution < -0.4 is 0 Å². The minimum absolute atomic E-state index is 0.0962. The molecule has 0 amide bonds. The van der Waals surface area contributed by atoms with Crippen LogP contribution in [0.15, 0.2) is 9.41 Å². The summed E-state index contributed by atoms with van der Waals surface area (Å²) < 4.78 is 0.216. The van der Waals surface area contributed by atoms with Gasteiger partial charge in [-0.05, 0) is 0 Å². The van der Waals surface area contributed by atoms with Crippen LogP contribution in [-0.2, 0) is 0 Å². The third kappa shape index (κ3) is 1.71. The number of nitrogens with zero attached hydrogens (tertiary/aromatic N) is 2. The molecule has 6 nitrogen and oxygen atoms in total. The van der Waals surface area contributed by atoms with E-state index < -0.39 is 24.4 Å². The van der Waals surface area contributed by atoms with Crippen molar-refractivity contribution in [3.63, 3.8) is 0 Å². The molecule has 0 aliphatic heterocycles. The SMILES string of the molecule is O=[N+]([O-])c1cc([N+](=O)[O-])c(Br)[se]1.